The van der Waals surface area contributed by atoms with E-state index in [0.29, 0.717) is 53.9 Å². The number of hydrogen-bond donors (Lipinski definition) is 2. The zero-order valence-corrected chi connectivity index (χ0v) is 25.0. The molecule has 234 valence electrons. The standard InChI is InChI=1S/C34H35F2N5O4/c1-19-11-27-30(29(36)28(19)26-13-24(42)12-20-5-2-3-6-25(20)26)37-32(45-18-34-9-4-10-40(34)15-21(35)14-34)38-31(27)39-16-22-7-8-23(17-39)41(22)33(43)44/h2-3,5-6,11-13,21-23,42H,4,7-10,14-18H2,1H3,(H,43,44)/t21-,22-,23+,34+/m1/s1. The van der Waals surface area contributed by atoms with E-state index in [9.17, 15) is 19.4 Å². The maximum atomic E-state index is 17.0. The number of fused-ring (bicyclic) bond motifs is 5. The molecule has 9 nitrogen and oxygen atoms in total. The molecule has 3 aromatic carbocycles. The minimum atomic E-state index is -0.924. The van der Waals surface area contributed by atoms with Gasteiger partial charge in [-0.05, 0) is 79.3 Å². The first-order valence-corrected chi connectivity index (χ1v) is 15.7. The van der Waals surface area contributed by atoms with Crippen LogP contribution < -0.4 is 9.64 Å². The Bertz CT molecular complexity index is 1840. The van der Waals surface area contributed by atoms with E-state index < -0.39 is 23.6 Å². The highest BCUT2D eigenvalue weighted by molar-refractivity contribution is 6.02. The van der Waals surface area contributed by atoms with E-state index in [1.54, 1.807) is 12.1 Å². The van der Waals surface area contributed by atoms with Gasteiger partial charge >= 0.3 is 12.1 Å². The summed E-state index contributed by atoms with van der Waals surface area (Å²) < 4.78 is 37.7. The Kier molecular flexibility index (Phi) is 6.53. The summed E-state index contributed by atoms with van der Waals surface area (Å²) >= 11 is 0. The average Bonchev–Trinajstić information content (AvgIpc) is 3.63. The molecule has 4 fully saturated rings. The van der Waals surface area contributed by atoms with Crippen molar-refractivity contribution >= 4 is 33.6 Å². The first-order valence-electron chi connectivity index (χ1n) is 15.7. The van der Waals surface area contributed by atoms with Crippen molar-refractivity contribution in [1.82, 2.24) is 19.8 Å². The summed E-state index contributed by atoms with van der Waals surface area (Å²) in [5.41, 5.74) is 1.20. The van der Waals surface area contributed by atoms with Crippen LogP contribution in [0.3, 0.4) is 0 Å². The lowest BCUT2D eigenvalue weighted by Crippen LogP contribution is -2.55. The van der Waals surface area contributed by atoms with Crippen LogP contribution >= 0.6 is 0 Å². The zero-order valence-electron chi connectivity index (χ0n) is 25.0. The molecule has 4 atom stereocenters. The first-order chi connectivity index (χ1) is 21.7. The number of nitrogens with zero attached hydrogens (tertiary/aromatic N) is 5. The molecule has 4 saturated heterocycles. The summed E-state index contributed by atoms with van der Waals surface area (Å²) in [6.45, 7) is 4.09. The molecule has 4 aromatic rings. The van der Waals surface area contributed by atoms with Gasteiger partial charge in [-0.15, -0.1) is 0 Å². The number of benzene rings is 3. The second kappa shape index (κ2) is 10.4. The molecule has 2 bridgehead atoms. The highest BCUT2D eigenvalue weighted by atomic mass is 19.1. The van der Waals surface area contributed by atoms with Crippen LogP contribution in [0, 0.1) is 12.7 Å². The van der Waals surface area contributed by atoms with Crippen molar-refractivity contribution in [3.05, 3.63) is 53.8 Å². The van der Waals surface area contributed by atoms with Crippen LogP contribution in [0.4, 0.5) is 19.4 Å². The van der Waals surface area contributed by atoms with Crippen LogP contribution in [0.1, 0.15) is 37.7 Å². The number of aryl methyl sites for hydroxylation is 1. The number of carbonyl (C=O) groups is 1. The van der Waals surface area contributed by atoms with Crippen molar-refractivity contribution in [3.63, 3.8) is 0 Å². The normalized spacial score (nSPS) is 26.2. The van der Waals surface area contributed by atoms with Crippen molar-refractivity contribution in [3.8, 4) is 22.9 Å². The fourth-order valence-corrected chi connectivity index (χ4v) is 8.49. The Hall–Kier alpha value is -4.25. The topological polar surface area (TPSA) is 102 Å². The number of aromatic hydroxyl groups is 1. The van der Waals surface area contributed by atoms with Crippen molar-refractivity contribution in [2.75, 3.05) is 37.7 Å². The monoisotopic (exact) mass is 615 g/mol. The molecule has 4 aliphatic rings. The minimum Gasteiger partial charge on any atom is -0.508 e. The van der Waals surface area contributed by atoms with Gasteiger partial charge in [0.05, 0.1) is 17.6 Å². The Morgan fingerprint density at radius 2 is 1.87 bits per heavy atom. The van der Waals surface area contributed by atoms with Crippen LogP contribution in [-0.4, -0.2) is 92.7 Å². The van der Waals surface area contributed by atoms with Crippen LogP contribution in [0.25, 0.3) is 32.8 Å². The number of carboxylic acid groups (broad SMARTS) is 1. The molecule has 0 aliphatic carbocycles. The third-order valence-corrected chi connectivity index (χ3v) is 10.4. The van der Waals surface area contributed by atoms with Crippen molar-refractivity contribution in [2.45, 2.75) is 62.8 Å². The van der Waals surface area contributed by atoms with Gasteiger partial charge in [0, 0.05) is 37.0 Å². The van der Waals surface area contributed by atoms with Gasteiger partial charge in [-0.25, -0.2) is 13.6 Å². The van der Waals surface area contributed by atoms with E-state index in [1.165, 1.54) is 4.90 Å². The molecular weight excluding hydrogens is 580 g/mol. The average molecular weight is 616 g/mol. The zero-order chi connectivity index (χ0) is 31.0. The van der Waals surface area contributed by atoms with Gasteiger partial charge in [0.15, 0.2) is 5.82 Å². The van der Waals surface area contributed by atoms with E-state index >= 15 is 4.39 Å². The number of amides is 1. The van der Waals surface area contributed by atoms with Crippen LogP contribution in [0.2, 0.25) is 0 Å². The SMILES string of the molecule is Cc1cc2c(N3C[C@H]4CC[C@@H](C3)N4C(=O)O)nc(OC[C@@]34CCCN3C[C@H](F)C4)nc2c(F)c1-c1cc(O)cc2ccccc12. The summed E-state index contributed by atoms with van der Waals surface area (Å²) in [5.74, 6) is -0.0153. The predicted octanol–water partition coefficient (Wildman–Crippen LogP) is 5.89. The van der Waals surface area contributed by atoms with E-state index in [4.69, 9.17) is 9.72 Å². The number of phenolic OH excluding ortho intramolecular Hbond substituents is 1. The highest BCUT2D eigenvalue weighted by Crippen LogP contribution is 2.43. The smallest absolute Gasteiger partial charge is 0.407 e. The number of alkyl halides is 1. The van der Waals surface area contributed by atoms with Crippen molar-refractivity contribution in [2.24, 2.45) is 0 Å². The fourth-order valence-electron chi connectivity index (χ4n) is 8.49. The lowest BCUT2D eigenvalue weighted by Gasteiger charge is -2.40. The summed E-state index contributed by atoms with van der Waals surface area (Å²) in [6.07, 6.45) is 1.84. The minimum absolute atomic E-state index is 0.0171. The van der Waals surface area contributed by atoms with Gasteiger partial charge < -0.3 is 19.8 Å². The Labute approximate surface area is 259 Å². The van der Waals surface area contributed by atoms with Crippen LogP contribution in [-0.2, 0) is 0 Å². The number of anilines is 1. The Balaban J connectivity index is 1.26. The second-order valence-electron chi connectivity index (χ2n) is 13.2. The molecule has 11 heteroatoms. The Morgan fingerprint density at radius 1 is 1.09 bits per heavy atom. The molecule has 0 spiro atoms. The van der Waals surface area contributed by atoms with Gasteiger partial charge in [-0.2, -0.15) is 9.97 Å². The third-order valence-electron chi connectivity index (χ3n) is 10.4. The first kappa shape index (κ1) is 28.2. The lowest BCUT2D eigenvalue weighted by molar-refractivity contribution is 0.107. The molecular formula is C34H35F2N5O4. The number of piperazine rings is 1. The van der Waals surface area contributed by atoms with Gasteiger partial charge in [-0.3, -0.25) is 9.80 Å². The molecule has 0 unspecified atom stereocenters. The second-order valence-corrected chi connectivity index (χ2v) is 13.2. The van der Waals surface area contributed by atoms with E-state index in [2.05, 4.69) is 9.88 Å². The fraction of sp³-hybridized carbons (Fsp3) is 0.441. The summed E-state index contributed by atoms with van der Waals surface area (Å²) in [6, 6.07) is 12.3. The van der Waals surface area contributed by atoms with Crippen molar-refractivity contribution in [1.29, 1.82) is 0 Å². The van der Waals surface area contributed by atoms with E-state index in [-0.39, 0.29) is 36.0 Å². The third kappa shape index (κ3) is 4.54. The van der Waals surface area contributed by atoms with Gasteiger partial charge in [0.25, 0.3) is 0 Å². The molecule has 2 N–H and O–H groups in total. The van der Waals surface area contributed by atoms with E-state index in [0.717, 1.165) is 43.0 Å². The molecule has 1 aromatic heterocycles. The molecule has 1 amide bonds. The van der Waals surface area contributed by atoms with Gasteiger partial charge in [-0.1, -0.05) is 24.3 Å². The van der Waals surface area contributed by atoms with Gasteiger partial charge in [0.2, 0.25) is 0 Å². The molecule has 45 heavy (non-hydrogen) atoms. The number of phenols is 1. The highest BCUT2D eigenvalue weighted by Gasteiger charge is 2.49. The summed E-state index contributed by atoms with van der Waals surface area (Å²) in [5, 5.41) is 22.5. The number of rotatable bonds is 5. The molecule has 4 aliphatic heterocycles. The predicted molar refractivity (Wildman–Crippen MR) is 166 cm³/mol. The number of aromatic nitrogens is 2. The molecule has 0 radical (unpaired) electrons. The summed E-state index contributed by atoms with van der Waals surface area (Å²) in [7, 11) is 0. The van der Waals surface area contributed by atoms with Crippen LogP contribution in [0.5, 0.6) is 11.8 Å². The Morgan fingerprint density at radius 3 is 2.64 bits per heavy atom. The van der Waals surface area contributed by atoms with E-state index in [1.807, 2.05) is 42.2 Å². The summed E-state index contributed by atoms with van der Waals surface area (Å²) in [4.78, 5) is 27.2. The quantitative estimate of drug-likeness (QED) is 0.287. The number of halogens is 2. The molecule has 8 rings (SSSR count). The maximum absolute atomic E-state index is 17.0. The number of hydrogen-bond acceptors (Lipinski definition) is 7. The largest absolute Gasteiger partial charge is 0.508 e. The molecule has 0 saturated carbocycles. The number of ether oxygens (including phenoxy) is 1. The molecule has 5 heterocycles. The van der Waals surface area contributed by atoms with Crippen LogP contribution in [0.15, 0.2) is 42.5 Å². The van der Waals surface area contributed by atoms with Crippen molar-refractivity contribution < 1.29 is 28.5 Å². The maximum Gasteiger partial charge on any atom is 0.407 e. The lowest BCUT2D eigenvalue weighted by atomic mass is 9.93. The van der Waals surface area contributed by atoms with Gasteiger partial charge in [0.1, 0.15) is 29.9 Å².